The number of nitrogens with one attached hydrogen (secondary N) is 2. The minimum Gasteiger partial charge on any atom is -0.492 e. The molecule has 0 fully saturated rings. The summed E-state index contributed by atoms with van der Waals surface area (Å²) in [5.41, 5.74) is 0.781. The zero-order valence-corrected chi connectivity index (χ0v) is 17.1. The van der Waals surface area contributed by atoms with Gasteiger partial charge in [-0.25, -0.2) is 8.78 Å². The van der Waals surface area contributed by atoms with Gasteiger partial charge >= 0.3 is 0 Å². The second kappa shape index (κ2) is 11.5. The third-order valence-corrected chi connectivity index (χ3v) is 4.31. The first kappa shape index (κ1) is 22.7. The Hall–Kier alpha value is -3.94. The molecule has 0 atom stereocenters. The van der Waals surface area contributed by atoms with Crippen LogP contribution in [0.15, 0.2) is 72.8 Å². The molecule has 0 aliphatic rings. The van der Waals surface area contributed by atoms with Crippen LogP contribution in [0.25, 0.3) is 0 Å². The molecule has 0 saturated carbocycles. The van der Waals surface area contributed by atoms with Crippen molar-refractivity contribution < 1.29 is 27.8 Å². The highest BCUT2D eigenvalue weighted by molar-refractivity contribution is 5.97. The van der Waals surface area contributed by atoms with E-state index in [2.05, 4.69) is 10.6 Å². The summed E-state index contributed by atoms with van der Waals surface area (Å²) >= 11 is 0. The van der Waals surface area contributed by atoms with E-state index < -0.39 is 11.6 Å². The topological polar surface area (TPSA) is 76.7 Å². The molecule has 0 saturated heterocycles. The Kier molecular flexibility index (Phi) is 8.14. The summed E-state index contributed by atoms with van der Waals surface area (Å²) in [6.07, 6.45) is 0. The predicted molar refractivity (Wildman–Crippen MR) is 115 cm³/mol. The predicted octanol–water partition coefficient (Wildman–Crippen LogP) is 3.58. The first-order valence-corrected chi connectivity index (χ1v) is 9.94. The Morgan fingerprint density at radius 1 is 0.656 bits per heavy atom. The van der Waals surface area contributed by atoms with Crippen molar-refractivity contribution in [2.45, 2.75) is 0 Å². The normalized spacial score (nSPS) is 10.3. The maximum atomic E-state index is 13.1. The fourth-order valence-corrected chi connectivity index (χ4v) is 2.76. The molecule has 2 amide bonds. The molecule has 0 radical (unpaired) electrons. The number of ether oxygens (including phenoxy) is 2. The van der Waals surface area contributed by atoms with Gasteiger partial charge < -0.3 is 20.1 Å². The quantitative estimate of drug-likeness (QED) is 0.473. The third-order valence-electron chi connectivity index (χ3n) is 4.31. The van der Waals surface area contributed by atoms with Crippen molar-refractivity contribution >= 4 is 11.8 Å². The SMILES string of the molecule is O=C(NCCOc1cccc(F)c1)c1ccc(C(=O)NCCOc2cccc(F)c2)cc1. The van der Waals surface area contributed by atoms with Crippen LogP contribution in [0.1, 0.15) is 20.7 Å². The molecule has 3 rings (SSSR count). The summed E-state index contributed by atoms with van der Waals surface area (Å²) in [5.74, 6) is -0.650. The Morgan fingerprint density at radius 3 is 1.44 bits per heavy atom. The van der Waals surface area contributed by atoms with E-state index in [-0.39, 0.29) is 38.1 Å². The minimum absolute atomic E-state index is 0.188. The van der Waals surface area contributed by atoms with Gasteiger partial charge in [-0.1, -0.05) is 12.1 Å². The molecule has 8 heteroatoms. The highest BCUT2D eigenvalue weighted by atomic mass is 19.1. The lowest BCUT2D eigenvalue weighted by Gasteiger charge is -2.09. The Bertz CT molecular complexity index is 973. The van der Waals surface area contributed by atoms with Crippen LogP contribution < -0.4 is 20.1 Å². The molecule has 0 unspecified atom stereocenters. The Balaban J connectivity index is 1.37. The van der Waals surface area contributed by atoms with Crippen LogP contribution in [0.4, 0.5) is 8.78 Å². The molecule has 6 nitrogen and oxygen atoms in total. The number of carbonyl (C=O) groups is 2. The standard InChI is InChI=1S/C24H22F2N2O4/c25-19-3-1-5-21(15-19)31-13-11-27-23(29)17-7-9-18(10-8-17)24(30)28-12-14-32-22-6-2-4-20(26)16-22/h1-10,15-16H,11-14H2,(H,27,29)(H,28,30). The molecule has 3 aromatic rings. The lowest BCUT2D eigenvalue weighted by molar-refractivity contribution is 0.0935. The average molecular weight is 440 g/mol. The molecule has 0 aromatic heterocycles. The second-order valence-electron chi connectivity index (χ2n) is 6.70. The lowest BCUT2D eigenvalue weighted by Crippen LogP contribution is -2.29. The van der Waals surface area contributed by atoms with Gasteiger partial charge in [-0.05, 0) is 48.5 Å². The van der Waals surface area contributed by atoms with E-state index in [0.29, 0.717) is 22.6 Å². The first-order chi connectivity index (χ1) is 15.5. The van der Waals surface area contributed by atoms with E-state index in [4.69, 9.17) is 9.47 Å². The van der Waals surface area contributed by atoms with Crippen LogP contribution >= 0.6 is 0 Å². The van der Waals surface area contributed by atoms with Crippen molar-refractivity contribution in [3.63, 3.8) is 0 Å². The average Bonchev–Trinajstić information content (AvgIpc) is 2.79. The van der Waals surface area contributed by atoms with Gasteiger partial charge in [0.05, 0.1) is 13.1 Å². The molecular formula is C24H22F2N2O4. The van der Waals surface area contributed by atoms with Crippen LogP contribution in [0.5, 0.6) is 11.5 Å². The highest BCUT2D eigenvalue weighted by Crippen LogP contribution is 2.12. The number of halogens is 2. The number of rotatable bonds is 10. The number of hydrogen-bond acceptors (Lipinski definition) is 4. The zero-order valence-electron chi connectivity index (χ0n) is 17.1. The zero-order chi connectivity index (χ0) is 22.8. The van der Waals surface area contributed by atoms with E-state index in [9.17, 15) is 18.4 Å². The fourth-order valence-electron chi connectivity index (χ4n) is 2.76. The van der Waals surface area contributed by atoms with E-state index in [1.807, 2.05) is 0 Å². The van der Waals surface area contributed by atoms with Gasteiger partial charge in [-0.3, -0.25) is 9.59 Å². The largest absolute Gasteiger partial charge is 0.492 e. The summed E-state index contributed by atoms with van der Waals surface area (Å²) in [4.78, 5) is 24.4. The number of hydrogen-bond donors (Lipinski definition) is 2. The van der Waals surface area contributed by atoms with Crippen LogP contribution in [0.3, 0.4) is 0 Å². The molecule has 0 spiro atoms. The van der Waals surface area contributed by atoms with Crippen molar-refractivity contribution in [2.75, 3.05) is 26.3 Å². The first-order valence-electron chi connectivity index (χ1n) is 9.94. The van der Waals surface area contributed by atoms with Crippen molar-refractivity contribution in [1.82, 2.24) is 10.6 Å². The van der Waals surface area contributed by atoms with Gasteiger partial charge in [0.15, 0.2) is 0 Å². The van der Waals surface area contributed by atoms with Crippen molar-refractivity contribution in [2.24, 2.45) is 0 Å². The smallest absolute Gasteiger partial charge is 0.251 e. The summed E-state index contributed by atoms with van der Waals surface area (Å²) in [6.45, 7) is 0.854. The molecule has 166 valence electrons. The van der Waals surface area contributed by atoms with Crippen molar-refractivity contribution in [3.05, 3.63) is 95.6 Å². The van der Waals surface area contributed by atoms with Gasteiger partial charge in [0.25, 0.3) is 11.8 Å². The Labute approximate surface area is 184 Å². The van der Waals surface area contributed by atoms with Gasteiger partial charge in [0.1, 0.15) is 36.3 Å². The molecule has 32 heavy (non-hydrogen) atoms. The fraction of sp³-hybridized carbons (Fsp3) is 0.167. The molecule has 0 heterocycles. The summed E-state index contributed by atoms with van der Waals surface area (Å²) in [5, 5.41) is 5.38. The molecule has 0 aliphatic heterocycles. The molecule has 3 aromatic carbocycles. The lowest BCUT2D eigenvalue weighted by atomic mass is 10.1. The molecule has 0 aliphatic carbocycles. The number of amides is 2. The summed E-state index contributed by atoms with van der Waals surface area (Å²) in [7, 11) is 0. The summed E-state index contributed by atoms with van der Waals surface area (Å²) in [6, 6.07) is 17.7. The van der Waals surface area contributed by atoms with E-state index in [0.717, 1.165) is 0 Å². The van der Waals surface area contributed by atoms with Gasteiger partial charge in [0, 0.05) is 23.3 Å². The van der Waals surface area contributed by atoms with Crippen LogP contribution in [0.2, 0.25) is 0 Å². The second-order valence-corrected chi connectivity index (χ2v) is 6.70. The Morgan fingerprint density at radius 2 is 1.06 bits per heavy atom. The van der Waals surface area contributed by atoms with Gasteiger partial charge in [0.2, 0.25) is 0 Å². The van der Waals surface area contributed by atoms with Crippen LogP contribution in [-0.2, 0) is 0 Å². The van der Waals surface area contributed by atoms with E-state index in [1.165, 1.54) is 24.3 Å². The van der Waals surface area contributed by atoms with Crippen molar-refractivity contribution in [1.29, 1.82) is 0 Å². The molecular weight excluding hydrogens is 418 g/mol. The maximum absolute atomic E-state index is 13.1. The van der Waals surface area contributed by atoms with Gasteiger partial charge in [-0.15, -0.1) is 0 Å². The summed E-state index contributed by atoms with van der Waals surface area (Å²) < 4.78 is 36.9. The monoisotopic (exact) mass is 440 g/mol. The van der Waals surface area contributed by atoms with Crippen LogP contribution in [-0.4, -0.2) is 38.1 Å². The van der Waals surface area contributed by atoms with Gasteiger partial charge in [-0.2, -0.15) is 0 Å². The minimum atomic E-state index is -0.394. The number of carbonyl (C=O) groups excluding carboxylic acids is 2. The third kappa shape index (κ3) is 7.09. The molecule has 2 N–H and O–H groups in total. The maximum Gasteiger partial charge on any atom is 0.251 e. The van der Waals surface area contributed by atoms with Crippen LogP contribution in [0, 0.1) is 11.6 Å². The number of benzene rings is 3. The highest BCUT2D eigenvalue weighted by Gasteiger charge is 2.09. The van der Waals surface area contributed by atoms with E-state index >= 15 is 0 Å². The molecule has 0 bridgehead atoms. The van der Waals surface area contributed by atoms with Crippen molar-refractivity contribution in [3.8, 4) is 11.5 Å². The van der Waals surface area contributed by atoms with E-state index in [1.54, 1.807) is 48.5 Å².